The van der Waals surface area contributed by atoms with Gasteiger partial charge in [-0.25, -0.2) is 4.79 Å². The van der Waals surface area contributed by atoms with Gasteiger partial charge in [-0.15, -0.1) is 11.3 Å². The Morgan fingerprint density at radius 2 is 2.24 bits per heavy atom. The second-order valence-corrected chi connectivity index (χ2v) is 6.25. The highest BCUT2D eigenvalue weighted by Crippen LogP contribution is 2.21. The first-order chi connectivity index (χ1) is 10.0. The Morgan fingerprint density at radius 1 is 1.48 bits per heavy atom. The summed E-state index contributed by atoms with van der Waals surface area (Å²) in [6.07, 6.45) is 0.607. The molecule has 2 heterocycles. The molecule has 1 aromatic heterocycles. The topological polar surface area (TPSA) is 75.7 Å². The lowest BCUT2D eigenvalue weighted by atomic mass is 10.2. The van der Waals surface area contributed by atoms with E-state index in [9.17, 15) is 14.4 Å². The Kier molecular flexibility index (Phi) is 5.19. The molecule has 1 saturated heterocycles. The van der Waals surface area contributed by atoms with Gasteiger partial charge in [-0.05, 0) is 25.5 Å². The Balaban J connectivity index is 1.86. The molecule has 1 N–H and O–H groups in total. The molecular formula is C13H15ClN2O4S. The van der Waals surface area contributed by atoms with Gasteiger partial charge in [0, 0.05) is 19.1 Å². The van der Waals surface area contributed by atoms with E-state index in [1.54, 1.807) is 19.1 Å². The zero-order chi connectivity index (χ0) is 15.4. The van der Waals surface area contributed by atoms with Crippen LogP contribution >= 0.6 is 22.9 Å². The summed E-state index contributed by atoms with van der Waals surface area (Å²) in [5.74, 6) is -1.73. The van der Waals surface area contributed by atoms with Crippen LogP contribution in [0.25, 0.3) is 0 Å². The largest absolute Gasteiger partial charge is 0.459 e. The predicted molar refractivity (Wildman–Crippen MR) is 78.4 cm³/mol. The molecule has 1 aromatic rings. The van der Waals surface area contributed by atoms with Crippen molar-refractivity contribution in [1.82, 2.24) is 10.2 Å². The number of rotatable bonds is 3. The quantitative estimate of drug-likeness (QED) is 0.669. The van der Waals surface area contributed by atoms with E-state index in [2.05, 4.69) is 10.1 Å². The average molecular weight is 331 g/mol. The van der Waals surface area contributed by atoms with Crippen LogP contribution in [0, 0.1) is 0 Å². The second kappa shape index (κ2) is 6.91. The van der Waals surface area contributed by atoms with Crippen LogP contribution < -0.4 is 5.32 Å². The van der Waals surface area contributed by atoms with Crippen LogP contribution in [0.2, 0.25) is 4.34 Å². The predicted octanol–water partition coefficient (Wildman–Crippen LogP) is 1.30. The number of hydrogen-bond acceptors (Lipinski definition) is 5. The van der Waals surface area contributed by atoms with Gasteiger partial charge < -0.3 is 15.0 Å². The molecule has 2 amide bonds. The van der Waals surface area contributed by atoms with Crippen molar-refractivity contribution in [3.8, 4) is 0 Å². The van der Waals surface area contributed by atoms with Crippen molar-refractivity contribution in [1.29, 1.82) is 0 Å². The zero-order valence-corrected chi connectivity index (χ0v) is 13.0. The van der Waals surface area contributed by atoms with Crippen molar-refractivity contribution in [2.45, 2.75) is 19.4 Å². The van der Waals surface area contributed by atoms with Crippen LogP contribution in [0.15, 0.2) is 12.1 Å². The molecule has 0 radical (unpaired) electrons. The maximum atomic E-state index is 12.0. The highest BCUT2D eigenvalue weighted by Gasteiger charge is 2.31. The van der Waals surface area contributed by atoms with Crippen molar-refractivity contribution in [3.63, 3.8) is 0 Å². The lowest BCUT2D eigenvalue weighted by Gasteiger charge is -2.15. The van der Waals surface area contributed by atoms with Crippen molar-refractivity contribution >= 4 is 40.7 Å². The summed E-state index contributed by atoms with van der Waals surface area (Å²) in [7, 11) is 0. The van der Waals surface area contributed by atoms with E-state index in [0.29, 0.717) is 28.7 Å². The van der Waals surface area contributed by atoms with Crippen LogP contribution in [0.5, 0.6) is 0 Å². The smallest absolute Gasteiger partial charge is 0.397 e. The molecule has 1 unspecified atom stereocenters. The van der Waals surface area contributed by atoms with Gasteiger partial charge in [0.25, 0.3) is 5.91 Å². The Hall–Kier alpha value is -1.60. The summed E-state index contributed by atoms with van der Waals surface area (Å²) in [6, 6.07) is 3.14. The number of amides is 2. The molecule has 0 bridgehead atoms. The monoisotopic (exact) mass is 330 g/mol. The third-order valence-electron chi connectivity index (χ3n) is 3.06. The van der Waals surface area contributed by atoms with Crippen molar-refractivity contribution in [2.24, 2.45) is 0 Å². The first kappa shape index (κ1) is 15.8. The van der Waals surface area contributed by atoms with E-state index in [-0.39, 0.29) is 18.6 Å². The molecule has 6 nitrogen and oxygen atoms in total. The first-order valence-electron chi connectivity index (χ1n) is 6.53. The number of likely N-dealkylation sites (tertiary alicyclic amines) is 1. The highest BCUT2D eigenvalue weighted by molar-refractivity contribution is 7.18. The first-order valence-corrected chi connectivity index (χ1v) is 7.73. The van der Waals surface area contributed by atoms with E-state index in [1.807, 2.05) is 0 Å². The van der Waals surface area contributed by atoms with E-state index in [4.69, 9.17) is 11.6 Å². The summed E-state index contributed by atoms with van der Waals surface area (Å²) >= 11 is 6.98. The van der Waals surface area contributed by atoms with Crippen LogP contribution in [-0.2, 0) is 14.3 Å². The number of esters is 1. The molecule has 1 atom stereocenters. The number of halogens is 1. The van der Waals surface area contributed by atoms with Gasteiger partial charge in [0.15, 0.2) is 0 Å². The highest BCUT2D eigenvalue weighted by atomic mass is 35.5. The van der Waals surface area contributed by atoms with Crippen molar-refractivity contribution in [3.05, 3.63) is 21.3 Å². The summed E-state index contributed by atoms with van der Waals surface area (Å²) in [6.45, 7) is 2.54. The molecule has 0 aliphatic carbocycles. The number of carbonyl (C=O) groups is 3. The average Bonchev–Trinajstić information content (AvgIpc) is 3.07. The van der Waals surface area contributed by atoms with Gasteiger partial charge >= 0.3 is 11.9 Å². The van der Waals surface area contributed by atoms with E-state index < -0.39 is 11.9 Å². The molecule has 0 saturated carbocycles. The number of hydrogen-bond donors (Lipinski definition) is 1. The van der Waals surface area contributed by atoms with Gasteiger partial charge in [0.2, 0.25) is 0 Å². The van der Waals surface area contributed by atoms with E-state index in [0.717, 1.165) is 0 Å². The summed E-state index contributed by atoms with van der Waals surface area (Å²) in [4.78, 5) is 37.0. The van der Waals surface area contributed by atoms with Gasteiger partial charge in [0.05, 0.1) is 15.8 Å². The molecule has 2 rings (SSSR count). The van der Waals surface area contributed by atoms with Crippen LogP contribution in [-0.4, -0.2) is 48.4 Å². The summed E-state index contributed by atoms with van der Waals surface area (Å²) in [5, 5.41) is 2.83. The number of thiophene rings is 1. The molecule has 8 heteroatoms. The minimum absolute atomic E-state index is 0.164. The van der Waals surface area contributed by atoms with E-state index >= 15 is 0 Å². The number of nitrogens with zero attached hydrogens (tertiary/aromatic N) is 1. The van der Waals surface area contributed by atoms with Gasteiger partial charge in [0.1, 0.15) is 0 Å². The fraction of sp³-hybridized carbons (Fsp3) is 0.462. The minimum atomic E-state index is -0.852. The van der Waals surface area contributed by atoms with Crippen molar-refractivity contribution < 1.29 is 19.1 Å². The zero-order valence-electron chi connectivity index (χ0n) is 11.4. The maximum Gasteiger partial charge on any atom is 0.397 e. The molecule has 1 aliphatic rings. The van der Waals surface area contributed by atoms with Crippen molar-refractivity contribution in [2.75, 3.05) is 19.7 Å². The second-order valence-electron chi connectivity index (χ2n) is 4.53. The molecular weight excluding hydrogens is 316 g/mol. The SMILES string of the molecule is CCOC(=O)C(=O)N1CCC(NC(=O)c2ccc(Cl)s2)C1. The molecule has 0 spiro atoms. The fourth-order valence-electron chi connectivity index (χ4n) is 2.08. The van der Waals surface area contributed by atoms with E-state index in [1.165, 1.54) is 16.2 Å². The van der Waals surface area contributed by atoms with Crippen LogP contribution in [0.1, 0.15) is 23.0 Å². The maximum absolute atomic E-state index is 12.0. The molecule has 1 aliphatic heterocycles. The Labute approximate surface area is 131 Å². The fourth-order valence-corrected chi connectivity index (χ4v) is 3.02. The molecule has 0 aromatic carbocycles. The summed E-state index contributed by atoms with van der Waals surface area (Å²) < 4.78 is 5.22. The molecule has 114 valence electrons. The molecule has 21 heavy (non-hydrogen) atoms. The van der Waals surface area contributed by atoms with Gasteiger partial charge in [-0.1, -0.05) is 11.6 Å². The van der Waals surface area contributed by atoms with Crippen LogP contribution in [0.4, 0.5) is 0 Å². The van der Waals surface area contributed by atoms with Gasteiger partial charge in [-0.2, -0.15) is 0 Å². The summed E-state index contributed by atoms with van der Waals surface area (Å²) in [5.41, 5.74) is 0. The third kappa shape index (κ3) is 3.95. The lowest BCUT2D eigenvalue weighted by molar-refractivity contribution is -0.159. The number of ether oxygens (including phenoxy) is 1. The minimum Gasteiger partial charge on any atom is -0.459 e. The number of nitrogens with one attached hydrogen (secondary N) is 1. The Bertz CT molecular complexity index is 560. The Morgan fingerprint density at radius 3 is 2.86 bits per heavy atom. The third-order valence-corrected chi connectivity index (χ3v) is 4.29. The molecule has 1 fully saturated rings. The standard InChI is InChI=1S/C13H15ClN2O4S/c1-2-20-13(19)12(18)16-6-5-8(7-16)15-11(17)9-3-4-10(14)21-9/h3-4,8H,2,5-7H2,1H3,(H,15,17). The normalized spacial score (nSPS) is 17.6. The van der Waals surface area contributed by atoms with Gasteiger partial charge in [-0.3, -0.25) is 9.59 Å². The number of carbonyl (C=O) groups excluding carboxylic acids is 3. The lowest BCUT2D eigenvalue weighted by Crippen LogP contribution is -2.40. The van der Waals surface area contributed by atoms with Crippen LogP contribution in [0.3, 0.4) is 0 Å².